The molecule has 3 amide bonds. The Balaban J connectivity index is 1.44. The zero-order valence-corrected chi connectivity index (χ0v) is 17.9. The number of likely N-dealkylation sites (tertiary alicyclic amines) is 1. The van der Waals surface area contributed by atoms with Crippen molar-refractivity contribution in [2.24, 2.45) is 5.92 Å². The molecule has 0 saturated carbocycles. The van der Waals surface area contributed by atoms with Gasteiger partial charge in [-0.05, 0) is 61.0 Å². The highest BCUT2D eigenvalue weighted by Crippen LogP contribution is 2.22. The first kappa shape index (κ1) is 21.8. The molecule has 0 radical (unpaired) electrons. The predicted octanol–water partition coefficient (Wildman–Crippen LogP) is 4.59. The van der Waals surface area contributed by atoms with Gasteiger partial charge in [-0.3, -0.25) is 10.1 Å². The summed E-state index contributed by atoms with van der Waals surface area (Å²) in [6.45, 7) is 3.53. The van der Waals surface area contributed by atoms with Crippen LogP contribution < -0.4 is 10.6 Å². The molecule has 0 unspecified atom stereocenters. The van der Waals surface area contributed by atoms with Gasteiger partial charge in [0.15, 0.2) is 0 Å². The van der Waals surface area contributed by atoms with Crippen LogP contribution in [-0.4, -0.2) is 42.5 Å². The lowest BCUT2D eigenvalue weighted by Gasteiger charge is -2.31. The number of nitrogens with one attached hydrogen (secondary N) is 2. The minimum atomic E-state index is -0.352. The lowest BCUT2D eigenvalue weighted by atomic mass is 9.96. The van der Waals surface area contributed by atoms with E-state index < -0.39 is 0 Å². The maximum absolute atomic E-state index is 12.6. The van der Waals surface area contributed by atoms with Crippen molar-refractivity contribution in [3.8, 4) is 0 Å². The Labute approximate surface area is 180 Å². The molecule has 0 atom stereocenters. The Morgan fingerprint density at radius 1 is 1.10 bits per heavy atom. The molecule has 2 heterocycles. The Hall–Kier alpha value is -2.87. The van der Waals surface area contributed by atoms with Crippen molar-refractivity contribution >= 4 is 39.9 Å². The second-order valence-corrected chi connectivity index (χ2v) is 8.17. The van der Waals surface area contributed by atoms with Crippen molar-refractivity contribution in [1.82, 2.24) is 4.90 Å². The molecule has 3 rings (SSSR count). The predicted molar refractivity (Wildman–Crippen MR) is 118 cm³/mol. The number of ether oxygens (including phenoxy) is 1. The van der Waals surface area contributed by atoms with Gasteiger partial charge in [0.1, 0.15) is 0 Å². The second-order valence-electron chi connectivity index (χ2n) is 7.22. The molecule has 0 bridgehead atoms. The van der Waals surface area contributed by atoms with E-state index in [-0.39, 0.29) is 23.8 Å². The van der Waals surface area contributed by atoms with E-state index in [4.69, 9.17) is 4.74 Å². The summed E-state index contributed by atoms with van der Waals surface area (Å²) in [6, 6.07) is 10.3. The minimum absolute atomic E-state index is 0.0633. The van der Waals surface area contributed by atoms with Crippen LogP contribution in [-0.2, 0) is 9.53 Å². The van der Waals surface area contributed by atoms with E-state index in [1.54, 1.807) is 29.2 Å². The maximum Gasteiger partial charge on any atom is 0.338 e. The first-order valence-corrected chi connectivity index (χ1v) is 11.1. The summed E-state index contributed by atoms with van der Waals surface area (Å²) in [6.07, 6.45) is 3.04. The molecule has 1 saturated heterocycles. The molecule has 2 N–H and O–H groups in total. The zero-order valence-electron chi connectivity index (χ0n) is 17.1. The van der Waals surface area contributed by atoms with Crippen molar-refractivity contribution < 1.29 is 19.1 Å². The number of nitrogens with zero attached hydrogens (tertiary/aromatic N) is 1. The summed E-state index contributed by atoms with van der Waals surface area (Å²) >= 11 is 1.48. The minimum Gasteiger partial charge on any atom is -0.462 e. The molecule has 30 heavy (non-hydrogen) atoms. The van der Waals surface area contributed by atoms with Gasteiger partial charge in [0.25, 0.3) is 0 Å². The fourth-order valence-electron chi connectivity index (χ4n) is 3.21. The first-order valence-electron chi connectivity index (χ1n) is 10.2. The smallest absolute Gasteiger partial charge is 0.338 e. The van der Waals surface area contributed by atoms with Crippen molar-refractivity contribution in [3.63, 3.8) is 0 Å². The van der Waals surface area contributed by atoms with E-state index in [0.717, 1.165) is 17.8 Å². The monoisotopic (exact) mass is 429 g/mol. The number of hydrogen-bond donors (Lipinski definition) is 2. The van der Waals surface area contributed by atoms with Gasteiger partial charge in [-0.2, -0.15) is 0 Å². The lowest BCUT2D eigenvalue weighted by molar-refractivity contribution is -0.121. The third-order valence-electron chi connectivity index (χ3n) is 5.02. The van der Waals surface area contributed by atoms with Gasteiger partial charge in [0.2, 0.25) is 5.91 Å². The highest BCUT2D eigenvalue weighted by atomic mass is 32.1. The van der Waals surface area contributed by atoms with Gasteiger partial charge < -0.3 is 15.0 Å². The molecule has 160 valence electrons. The summed E-state index contributed by atoms with van der Waals surface area (Å²) in [5, 5.41) is 8.50. The molecule has 1 fully saturated rings. The van der Waals surface area contributed by atoms with E-state index in [9.17, 15) is 14.4 Å². The summed E-state index contributed by atoms with van der Waals surface area (Å²) in [4.78, 5) is 38.5. The molecule has 0 spiro atoms. The molecule has 1 aliphatic rings. The molecular formula is C22H27N3O4S. The molecule has 2 aromatic rings. The topological polar surface area (TPSA) is 87.7 Å². The molecule has 1 aliphatic heterocycles. The number of benzene rings is 1. The lowest BCUT2D eigenvalue weighted by Crippen LogP contribution is -2.43. The van der Waals surface area contributed by atoms with Crippen LogP contribution in [0.1, 0.15) is 43.0 Å². The Kier molecular flexibility index (Phi) is 7.84. The van der Waals surface area contributed by atoms with Crippen LogP contribution in [0.15, 0.2) is 41.8 Å². The molecule has 8 heteroatoms. The zero-order chi connectivity index (χ0) is 21.3. The number of amides is 3. The number of urea groups is 1. The molecule has 1 aromatic carbocycles. The Morgan fingerprint density at radius 2 is 1.83 bits per heavy atom. The summed E-state index contributed by atoms with van der Waals surface area (Å²) < 4.78 is 5.18. The number of carbonyl (C=O) groups is 3. The number of hydrogen-bond acceptors (Lipinski definition) is 5. The standard InChI is InChI=1S/C22H27N3O4S/c1-2-3-14-29-21(27)17-6-8-18(9-7-17)23-20(26)16-10-12-25(13-11-16)22(28)24-19-5-4-15-30-19/h4-9,15-16H,2-3,10-14H2,1H3,(H,23,26)(H,24,28). The number of esters is 1. The van der Waals surface area contributed by atoms with Crippen molar-refractivity contribution in [3.05, 3.63) is 47.3 Å². The third-order valence-corrected chi connectivity index (χ3v) is 5.81. The number of piperidine rings is 1. The van der Waals surface area contributed by atoms with E-state index in [1.807, 2.05) is 24.4 Å². The van der Waals surface area contributed by atoms with Crippen LogP contribution in [0.3, 0.4) is 0 Å². The number of carbonyl (C=O) groups excluding carboxylic acids is 3. The van der Waals surface area contributed by atoms with Crippen molar-refractivity contribution in [2.45, 2.75) is 32.6 Å². The molecule has 1 aromatic heterocycles. The summed E-state index contributed by atoms with van der Waals surface area (Å²) in [5.41, 5.74) is 1.11. The third kappa shape index (κ3) is 6.06. The van der Waals surface area contributed by atoms with Crippen LogP contribution >= 0.6 is 11.3 Å². The highest BCUT2D eigenvalue weighted by Gasteiger charge is 2.27. The van der Waals surface area contributed by atoms with Gasteiger partial charge in [-0.1, -0.05) is 13.3 Å². The van der Waals surface area contributed by atoms with Crippen molar-refractivity contribution in [2.75, 3.05) is 30.3 Å². The van der Waals surface area contributed by atoms with E-state index in [2.05, 4.69) is 10.6 Å². The van der Waals surface area contributed by atoms with Gasteiger partial charge >= 0.3 is 12.0 Å². The SMILES string of the molecule is CCCCOC(=O)c1ccc(NC(=O)C2CCN(C(=O)Nc3cccs3)CC2)cc1. The first-order chi connectivity index (χ1) is 14.6. The molecule has 0 aliphatic carbocycles. The van der Waals surface area contributed by atoms with Crippen LogP contribution in [0.25, 0.3) is 0 Å². The maximum atomic E-state index is 12.6. The van der Waals surface area contributed by atoms with Gasteiger partial charge in [-0.15, -0.1) is 11.3 Å². The van der Waals surface area contributed by atoms with Crippen LogP contribution in [0.2, 0.25) is 0 Å². The number of rotatable bonds is 7. The van der Waals surface area contributed by atoms with Gasteiger partial charge in [0, 0.05) is 24.7 Å². The fourth-order valence-corrected chi connectivity index (χ4v) is 3.81. The van der Waals surface area contributed by atoms with E-state index in [0.29, 0.717) is 43.8 Å². The second kappa shape index (κ2) is 10.8. The van der Waals surface area contributed by atoms with Gasteiger partial charge in [0.05, 0.1) is 17.2 Å². The number of thiophene rings is 1. The van der Waals surface area contributed by atoms with Crippen LogP contribution in [0.4, 0.5) is 15.5 Å². The van der Waals surface area contributed by atoms with Gasteiger partial charge in [-0.25, -0.2) is 9.59 Å². The average Bonchev–Trinajstić information content (AvgIpc) is 3.27. The molecule has 7 nitrogen and oxygen atoms in total. The Bertz CT molecular complexity index is 844. The number of anilines is 2. The largest absolute Gasteiger partial charge is 0.462 e. The van der Waals surface area contributed by atoms with E-state index in [1.165, 1.54) is 11.3 Å². The quantitative estimate of drug-likeness (QED) is 0.498. The highest BCUT2D eigenvalue weighted by molar-refractivity contribution is 7.14. The van der Waals surface area contributed by atoms with Crippen LogP contribution in [0.5, 0.6) is 0 Å². The number of unbranched alkanes of at least 4 members (excludes halogenated alkanes) is 1. The molecular weight excluding hydrogens is 402 g/mol. The Morgan fingerprint density at radius 3 is 2.47 bits per heavy atom. The van der Waals surface area contributed by atoms with Crippen LogP contribution in [0, 0.1) is 5.92 Å². The van der Waals surface area contributed by atoms with E-state index >= 15 is 0 Å². The fraction of sp³-hybridized carbons (Fsp3) is 0.409. The normalized spacial score (nSPS) is 14.2. The summed E-state index contributed by atoms with van der Waals surface area (Å²) in [5.74, 6) is -0.560. The van der Waals surface area contributed by atoms with Crippen molar-refractivity contribution in [1.29, 1.82) is 0 Å². The average molecular weight is 430 g/mol. The summed E-state index contributed by atoms with van der Waals surface area (Å²) in [7, 11) is 0.